The van der Waals surface area contributed by atoms with Crippen LogP contribution in [-0.2, 0) is 5.92 Å². The van der Waals surface area contributed by atoms with Gasteiger partial charge in [-0.05, 0) is 30.7 Å². The van der Waals surface area contributed by atoms with E-state index in [1.165, 1.54) is 0 Å². The maximum absolute atomic E-state index is 14.0. The van der Waals surface area contributed by atoms with Gasteiger partial charge in [-0.1, -0.05) is 0 Å². The fourth-order valence-corrected chi connectivity index (χ4v) is 2.20. The lowest BCUT2D eigenvalue weighted by atomic mass is 9.87. The van der Waals surface area contributed by atoms with Crippen molar-refractivity contribution in [2.24, 2.45) is 0 Å². The number of rotatable bonds is 7. The molecule has 0 radical (unpaired) electrons. The summed E-state index contributed by atoms with van der Waals surface area (Å²) in [5.74, 6) is -57.7. The average molecular weight is 526 g/mol. The van der Waals surface area contributed by atoms with E-state index in [-0.39, 0.29) is 18.2 Å². The maximum atomic E-state index is 14.0. The van der Waals surface area contributed by atoms with E-state index in [1.807, 2.05) is 0 Å². The van der Waals surface area contributed by atoms with E-state index in [2.05, 4.69) is 0 Å². The summed E-state index contributed by atoms with van der Waals surface area (Å²) in [6.45, 7) is 0.674. The molecule has 0 heterocycles. The zero-order valence-electron chi connectivity index (χ0n) is 15.1. The van der Waals surface area contributed by atoms with Crippen LogP contribution < -0.4 is 0 Å². The molecule has 0 unspecified atom stereocenters. The standard InChI is InChI=1S/C15H7F17O/c1-5-4-6(2-3-7(5)33)8(16,17)9(18,19)10(20,21)11(22,23)12(24,25)13(26,27)14(28,29)15(30,31)32/h2-4,33H,1H3. The van der Waals surface area contributed by atoms with Crippen LogP contribution in [0.15, 0.2) is 18.2 Å². The Morgan fingerprint density at radius 1 is 0.515 bits per heavy atom. The van der Waals surface area contributed by atoms with Crippen LogP contribution in [0.2, 0.25) is 0 Å². The normalized spacial score (nSPS) is 15.7. The number of hydrogen-bond acceptors (Lipinski definition) is 1. The number of halogens is 17. The molecule has 33 heavy (non-hydrogen) atoms. The minimum absolute atomic E-state index is 0.123. The van der Waals surface area contributed by atoms with Gasteiger partial charge in [-0.25, -0.2) is 0 Å². The van der Waals surface area contributed by atoms with E-state index in [0.29, 0.717) is 6.92 Å². The number of hydrogen-bond donors (Lipinski definition) is 1. The molecule has 0 aliphatic carbocycles. The first-order chi connectivity index (χ1) is 14.2. The molecule has 0 amide bonds. The largest absolute Gasteiger partial charge is 0.508 e. The lowest BCUT2D eigenvalue weighted by Gasteiger charge is -2.42. The summed E-state index contributed by atoms with van der Waals surface area (Å²) in [5.41, 5.74) is -3.16. The molecule has 0 fully saturated rings. The van der Waals surface area contributed by atoms with Crippen LogP contribution in [0, 0.1) is 6.92 Å². The molecule has 0 aliphatic rings. The van der Waals surface area contributed by atoms with E-state index in [9.17, 15) is 74.6 Å². The van der Waals surface area contributed by atoms with Gasteiger partial charge in [-0.15, -0.1) is 0 Å². The Kier molecular flexibility index (Phi) is 6.48. The molecule has 0 bridgehead atoms. The molecule has 0 saturated carbocycles. The van der Waals surface area contributed by atoms with Gasteiger partial charge in [-0.2, -0.15) is 74.6 Å². The van der Waals surface area contributed by atoms with Gasteiger partial charge in [0.1, 0.15) is 5.75 Å². The molecule has 18 heteroatoms. The maximum Gasteiger partial charge on any atom is 0.460 e. The third-order valence-corrected chi connectivity index (χ3v) is 4.28. The summed E-state index contributed by atoms with van der Waals surface area (Å²) in [6.07, 6.45) is -7.79. The Morgan fingerprint density at radius 2 is 0.848 bits per heavy atom. The Hall–Kier alpha value is -2.17. The molecular weight excluding hydrogens is 519 g/mol. The van der Waals surface area contributed by atoms with Crippen LogP contribution in [0.3, 0.4) is 0 Å². The first-order valence-electron chi connectivity index (χ1n) is 7.67. The SMILES string of the molecule is Cc1cc(C(F)(F)C(F)(F)C(F)(F)C(F)(F)C(F)(F)C(F)(F)C(F)(F)C(F)(F)F)ccc1O. The number of phenolic OH excluding ortho intramolecular Hbond substituents is 1. The molecule has 0 atom stereocenters. The molecule has 1 aromatic carbocycles. The number of aryl methyl sites for hydroxylation is 1. The van der Waals surface area contributed by atoms with E-state index in [1.54, 1.807) is 0 Å². The van der Waals surface area contributed by atoms with Crippen LogP contribution in [-0.4, -0.2) is 46.8 Å². The fraction of sp³-hybridized carbons (Fsp3) is 0.600. The van der Waals surface area contributed by atoms with E-state index in [0.717, 1.165) is 0 Å². The van der Waals surface area contributed by atoms with Crippen LogP contribution in [0.1, 0.15) is 11.1 Å². The molecule has 1 N–H and O–H groups in total. The number of alkyl halides is 17. The highest BCUT2D eigenvalue weighted by atomic mass is 19.4. The summed E-state index contributed by atoms with van der Waals surface area (Å²) in [7, 11) is 0. The lowest BCUT2D eigenvalue weighted by Crippen LogP contribution is -2.74. The van der Waals surface area contributed by atoms with Gasteiger partial charge < -0.3 is 5.11 Å². The predicted molar refractivity (Wildman–Crippen MR) is 72.5 cm³/mol. The lowest BCUT2D eigenvalue weighted by molar-refractivity contribution is -0.462. The molecule has 0 saturated heterocycles. The van der Waals surface area contributed by atoms with Crippen molar-refractivity contribution in [2.45, 2.75) is 54.6 Å². The van der Waals surface area contributed by atoms with E-state index >= 15 is 0 Å². The molecule has 0 spiro atoms. The van der Waals surface area contributed by atoms with E-state index < -0.39 is 64.5 Å². The van der Waals surface area contributed by atoms with Crippen LogP contribution in [0.4, 0.5) is 74.6 Å². The van der Waals surface area contributed by atoms with Crippen molar-refractivity contribution in [3.63, 3.8) is 0 Å². The Morgan fingerprint density at radius 3 is 1.18 bits per heavy atom. The minimum Gasteiger partial charge on any atom is -0.508 e. The Balaban J connectivity index is 3.74. The molecule has 1 aromatic rings. The van der Waals surface area contributed by atoms with Crippen LogP contribution in [0.5, 0.6) is 5.75 Å². The van der Waals surface area contributed by atoms with Crippen molar-refractivity contribution in [2.75, 3.05) is 0 Å². The smallest absolute Gasteiger partial charge is 0.460 e. The molecule has 0 aliphatic heterocycles. The number of aromatic hydroxyl groups is 1. The number of benzene rings is 1. The first-order valence-corrected chi connectivity index (χ1v) is 7.67. The molecule has 192 valence electrons. The quantitative estimate of drug-likeness (QED) is 0.374. The molecule has 1 rings (SSSR count). The number of phenols is 1. The summed E-state index contributed by atoms with van der Waals surface area (Å²) < 4.78 is 224. The van der Waals surface area contributed by atoms with Crippen LogP contribution in [0.25, 0.3) is 0 Å². The topological polar surface area (TPSA) is 20.2 Å². The third-order valence-electron chi connectivity index (χ3n) is 4.28. The minimum atomic E-state index is -8.66. The van der Waals surface area contributed by atoms with Crippen molar-refractivity contribution in [1.29, 1.82) is 0 Å². The van der Waals surface area contributed by atoms with Gasteiger partial charge in [0.25, 0.3) is 0 Å². The van der Waals surface area contributed by atoms with E-state index in [4.69, 9.17) is 5.11 Å². The molecular formula is C15H7F17O. The van der Waals surface area contributed by atoms with Gasteiger partial charge in [0.15, 0.2) is 0 Å². The van der Waals surface area contributed by atoms with Gasteiger partial charge in [0.05, 0.1) is 0 Å². The van der Waals surface area contributed by atoms with Gasteiger partial charge in [0, 0.05) is 5.56 Å². The van der Waals surface area contributed by atoms with Crippen molar-refractivity contribution in [3.05, 3.63) is 29.3 Å². The summed E-state index contributed by atoms with van der Waals surface area (Å²) >= 11 is 0. The average Bonchev–Trinajstić information content (AvgIpc) is 2.61. The van der Waals surface area contributed by atoms with Gasteiger partial charge in [0.2, 0.25) is 0 Å². The molecule has 1 nitrogen and oxygen atoms in total. The monoisotopic (exact) mass is 526 g/mol. The van der Waals surface area contributed by atoms with Crippen molar-refractivity contribution >= 4 is 0 Å². The van der Waals surface area contributed by atoms with Crippen molar-refractivity contribution in [1.82, 2.24) is 0 Å². The third kappa shape index (κ3) is 3.63. The van der Waals surface area contributed by atoms with Crippen LogP contribution >= 0.6 is 0 Å². The zero-order chi connectivity index (χ0) is 26.9. The second-order valence-electron chi connectivity index (χ2n) is 6.52. The summed E-state index contributed by atoms with van der Waals surface area (Å²) in [6, 6.07) is -0.408. The van der Waals surface area contributed by atoms with Crippen molar-refractivity contribution in [3.8, 4) is 5.75 Å². The van der Waals surface area contributed by atoms with Gasteiger partial charge >= 0.3 is 47.6 Å². The van der Waals surface area contributed by atoms with Gasteiger partial charge in [-0.3, -0.25) is 0 Å². The second-order valence-corrected chi connectivity index (χ2v) is 6.52. The predicted octanol–water partition coefficient (Wildman–Crippen LogP) is 7.17. The summed E-state index contributed by atoms with van der Waals surface area (Å²) in [5, 5.41) is 9.09. The highest BCUT2D eigenvalue weighted by molar-refractivity contribution is 5.38. The second kappa shape index (κ2) is 7.41. The summed E-state index contributed by atoms with van der Waals surface area (Å²) in [4.78, 5) is 0. The first kappa shape index (κ1) is 28.9. The molecule has 0 aromatic heterocycles. The van der Waals surface area contributed by atoms with Crippen molar-refractivity contribution < 1.29 is 79.7 Å². The Labute approximate surface area is 170 Å². The Bertz CT molecular complexity index is 883. The highest BCUT2D eigenvalue weighted by Gasteiger charge is 2.95. The zero-order valence-corrected chi connectivity index (χ0v) is 15.1. The fourth-order valence-electron chi connectivity index (χ4n) is 2.20. The highest BCUT2D eigenvalue weighted by Crippen LogP contribution is 2.65.